The number of thiophene rings is 1. The van der Waals surface area contributed by atoms with Crippen LogP contribution in [0.15, 0.2) is 11.1 Å². The molecule has 1 aliphatic rings. The topological polar surface area (TPSA) is 81.4 Å². The molecular formula is C13H14N2O4S. The van der Waals surface area contributed by atoms with Gasteiger partial charge in [-0.1, -0.05) is 0 Å². The molecule has 7 heteroatoms. The highest BCUT2D eigenvalue weighted by Gasteiger charge is 2.22. The van der Waals surface area contributed by atoms with Gasteiger partial charge in [0.25, 0.3) is 5.56 Å². The van der Waals surface area contributed by atoms with Crippen LogP contribution in [0.1, 0.15) is 28.1 Å². The Balaban J connectivity index is 2.11. The van der Waals surface area contributed by atoms with E-state index in [9.17, 15) is 14.7 Å². The predicted octanol–water partition coefficient (Wildman–Crippen LogP) is 1.64. The molecule has 0 amide bonds. The Hall–Kier alpha value is -1.73. The van der Waals surface area contributed by atoms with Crippen LogP contribution in [0.2, 0.25) is 0 Å². The zero-order valence-corrected chi connectivity index (χ0v) is 11.8. The lowest BCUT2D eigenvalue weighted by molar-refractivity contribution is 0.0698. The SMILES string of the molecule is Cc1sc2ncn(CC3CCCO3)c(=O)c2c1C(=O)O. The van der Waals surface area contributed by atoms with Gasteiger partial charge in [-0.15, -0.1) is 11.3 Å². The Morgan fingerprint density at radius 1 is 1.65 bits per heavy atom. The fraction of sp³-hybridized carbons (Fsp3) is 0.462. The molecule has 106 valence electrons. The molecule has 1 saturated heterocycles. The number of aromatic carboxylic acids is 1. The molecule has 0 bridgehead atoms. The largest absolute Gasteiger partial charge is 0.478 e. The van der Waals surface area contributed by atoms with E-state index < -0.39 is 5.97 Å². The molecule has 0 aliphatic carbocycles. The Kier molecular flexibility index (Phi) is 3.31. The lowest BCUT2D eigenvalue weighted by atomic mass is 10.2. The Labute approximate surface area is 118 Å². The van der Waals surface area contributed by atoms with Crippen molar-refractivity contribution in [1.29, 1.82) is 0 Å². The number of rotatable bonds is 3. The molecular weight excluding hydrogens is 280 g/mol. The highest BCUT2D eigenvalue weighted by atomic mass is 32.1. The van der Waals surface area contributed by atoms with Crippen molar-refractivity contribution in [3.8, 4) is 0 Å². The number of aryl methyl sites for hydroxylation is 1. The summed E-state index contributed by atoms with van der Waals surface area (Å²) < 4.78 is 6.96. The molecule has 1 unspecified atom stereocenters. The second-order valence-corrected chi connectivity index (χ2v) is 6.06. The van der Waals surface area contributed by atoms with E-state index in [1.165, 1.54) is 22.2 Å². The molecule has 0 saturated carbocycles. The Morgan fingerprint density at radius 2 is 2.45 bits per heavy atom. The van der Waals surface area contributed by atoms with Crippen molar-refractivity contribution in [2.45, 2.75) is 32.4 Å². The normalized spacial score (nSPS) is 18.8. The lowest BCUT2D eigenvalue weighted by Gasteiger charge is -2.11. The van der Waals surface area contributed by atoms with Gasteiger partial charge in [0.1, 0.15) is 4.83 Å². The minimum atomic E-state index is -1.08. The van der Waals surface area contributed by atoms with E-state index in [4.69, 9.17) is 4.74 Å². The molecule has 3 heterocycles. The van der Waals surface area contributed by atoms with E-state index in [-0.39, 0.29) is 22.6 Å². The summed E-state index contributed by atoms with van der Waals surface area (Å²) in [6, 6.07) is 0. The van der Waals surface area contributed by atoms with Crippen molar-refractivity contribution in [3.63, 3.8) is 0 Å². The van der Waals surface area contributed by atoms with Crippen molar-refractivity contribution < 1.29 is 14.6 Å². The number of carbonyl (C=O) groups is 1. The van der Waals surface area contributed by atoms with Gasteiger partial charge in [0, 0.05) is 11.5 Å². The molecule has 0 radical (unpaired) electrons. The van der Waals surface area contributed by atoms with E-state index in [1.807, 2.05) is 0 Å². The van der Waals surface area contributed by atoms with Crippen LogP contribution in [0.25, 0.3) is 10.2 Å². The van der Waals surface area contributed by atoms with E-state index in [0.717, 1.165) is 12.8 Å². The third-order valence-electron chi connectivity index (χ3n) is 3.49. The van der Waals surface area contributed by atoms with Crippen molar-refractivity contribution in [1.82, 2.24) is 9.55 Å². The van der Waals surface area contributed by atoms with Crippen LogP contribution < -0.4 is 5.56 Å². The van der Waals surface area contributed by atoms with Gasteiger partial charge in [-0.05, 0) is 19.8 Å². The second-order valence-electron chi connectivity index (χ2n) is 4.86. The Morgan fingerprint density at radius 3 is 3.10 bits per heavy atom. The highest BCUT2D eigenvalue weighted by molar-refractivity contribution is 7.19. The number of nitrogens with zero attached hydrogens (tertiary/aromatic N) is 2. The number of fused-ring (bicyclic) bond motifs is 1. The summed E-state index contributed by atoms with van der Waals surface area (Å²) in [4.78, 5) is 29.1. The van der Waals surface area contributed by atoms with E-state index in [2.05, 4.69) is 4.98 Å². The lowest BCUT2D eigenvalue weighted by Crippen LogP contribution is -2.27. The summed E-state index contributed by atoms with van der Waals surface area (Å²) in [7, 11) is 0. The van der Waals surface area contributed by atoms with Crippen molar-refractivity contribution in [2.24, 2.45) is 0 Å². The van der Waals surface area contributed by atoms with Crippen LogP contribution in [-0.4, -0.2) is 33.3 Å². The molecule has 1 fully saturated rings. The van der Waals surface area contributed by atoms with Gasteiger partial charge in [0.2, 0.25) is 0 Å². The zero-order valence-electron chi connectivity index (χ0n) is 11.0. The standard InChI is InChI=1S/C13H14N2O4S/c1-7-9(13(17)18)10-11(20-7)14-6-15(12(10)16)5-8-3-2-4-19-8/h6,8H,2-5H2,1H3,(H,17,18). The zero-order chi connectivity index (χ0) is 14.3. The van der Waals surface area contributed by atoms with Gasteiger partial charge in [-0.2, -0.15) is 0 Å². The van der Waals surface area contributed by atoms with Crippen LogP contribution in [0.3, 0.4) is 0 Å². The highest BCUT2D eigenvalue weighted by Crippen LogP contribution is 2.26. The summed E-state index contributed by atoms with van der Waals surface area (Å²) in [6.07, 6.45) is 3.40. The average Bonchev–Trinajstić information content (AvgIpc) is 2.99. The first-order valence-corrected chi connectivity index (χ1v) is 7.23. The molecule has 20 heavy (non-hydrogen) atoms. The number of hydrogen-bond acceptors (Lipinski definition) is 5. The monoisotopic (exact) mass is 294 g/mol. The summed E-state index contributed by atoms with van der Waals surface area (Å²) >= 11 is 1.24. The van der Waals surface area contributed by atoms with Crippen LogP contribution in [0.5, 0.6) is 0 Å². The molecule has 2 aromatic rings. The maximum absolute atomic E-state index is 12.5. The van der Waals surface area contributed by atoms with E-state index in [1.54, 1.807) is 6.92 Å². The molecule has 0 spiro atoms. The minimum absolute atomic E-state index is 0.0139. The molecule has 1 N–H and O–H groups in total. The van der Waals surface area contributed by atoms with Crippen LogP contribution >= 0.6 is 11.3 Å². The molecule has 3 rings (SSSR count). The smallest absolute Gasteiger partial charge is 0.337 e. The first kappa shape index (κ1) is 13.3. The summed E-state index contributed by atoms with van der Waals surface area (Å²) in [6.45, 7) is 2.84. The quantitative estimate of drug-likeness (QED) is 0.930. The fourth-order valence-corrected chi connectivity index (χ4v) is 3.51. The predicted molar refractivity (Wildman–Crippen MR) is 74.6 cm³/mol. The first-order valence-electron chi connectivity index (χ1n) is 6.41. The van der Waals surface area contributed by atoms with Gasteiger partial charge in [-0.3, -0.25) is 9.36 Å². The Bertz CT molecular complexity index is 728. The van der Waals surface area contributed by atoms with E-state index >= 15 is 0 Å². The number of carboxylic acid groups (broad SMARTS) is 1. The van der Waals surface area contributed by atoms with Gasteiger partial charge in [-0.25, -0.2) is 9.78 Å². The molecule has 2 aromatic heterocycles. The van der Waals surface area contributed by atoms with Crippen molar-refractivity contribution >= 4 is 27.5 Å². The summed E-state index contributed by atoms with van der Waals surface area (Å²) in [5.74, 6) is -1.08. The number of carboxylic acids is 1. The van der Waals surface area contributed by atoms with Crippen LogP contribution in [0.4, 0.5) is 0 Å². The van der Waals surface area contributed by atoms with Gasteiger partial charge in [0.15, 0.2) is 0 Å². The van der Waals surface area contributed by atoms with Crippen LogP contribution in [0, 0.1) is 6.92 Å². The summed E-state index contributed by atoms with van der Waals surface area (Å²) in [5, 5.41) is 9.47. The third-order valence-corrected chi connectivity index (χ3v) is 4.51. The van der Waals surface area contributed by atoms with Gasteiger partial charge >= 0.3 is 5.97 Å². The molecule has 6 nitrogen and oxygen atoms in total. The minimum Gasteiger partial charge on any atom is -0.478 e. The van der Waals surface area contributed by atoms with E-state index in [0.29, 0.717) is 22.9 Å². The second kappa shape index (κ2) is 4.99. The third kappa shape index (κ3) is 2.12. The maximum Gasteiger partial charge on any atom is 0.337 e. The maximum atomic E-state index is 12.5. The first-order chi connectivity index (χ1) is 9.58. The van der Waals surface area contributed by atoms with Gasteiger partial charge in [0.05, 0.1) is 29.9 Å². The van der Waals surface area contributed by atoms with Crippen molar-refractivity contribution in [2.75, 3.05) is 6.61 Å². The molecule has 0 aromatic carbocycles. The number of aromatic nitrogens is 2. The van der Waals surface area contributed by atoms with Crippen molar-refractivity contribution in [3.05, 3.63) is 27.1 Å². The van der Waals surface area contributed by atoms with Gasteiger partial charge < -0.3 is 9.84 Å². The number of ether oxygens (including phenoxy) is 1. The number of hydrogen-bond donors (Lipinski definition) is 1. The molecule has 1 atom stereocenters. The average molecular weight is 294 g/mol. The fourth-order valence-electron chi connectivity index (χ4n) is 2.53. The molecule has 1 aliphatic heterocycles. The summed E-state index contributed by atoms with van der Waals surface area (Å²) in [5.41, 5.74) is -0.226. The van der Waals surface area contributed by atoms with Crippen LogP contribution in [-0.2, 0) is 11.3 Å².